The van der Waals surface area contributed by atoms with Crippen molar-refractivity contribution >= 4 is 28.3 Å². The number of hydrogen-bond acceptors (Lipinski definition) is 3. The third-order valence-corrected chi connectivity index (χ3v) is 6.75. The molecule has 0 saturated heterocycles. The first kappa shape index (κ1) is 26.3. The van der Waals surface area contributed by atoms with Crippen LogP contribution in [0.3, 0.4) is 0 Å². The maximum Gasteiger partial charge on any atom is 0.338 e. The third kappa shape index (κ3) is 6.62. The Bertz CT molecular complexity index is 1160. The summed E-state index contributed by atoms with van der Waals surface area (Å²) in [4.78, 5) is 24.5. The molecule has 5 nitrogen and oxygen atoms in total. The van der Waals surface area contributed by atoms with E-state index in [4.69, 9.17) is 11.5 Å². The minimum atomic E-state index is -1.17. The standard InChI is InChI=1S/C30H38N2O3/c1-2-3-4-5-6-7-8-9-10-12-15-21-18-19-23-24(20-21)25(22-16-13-11-14-17-22)27(29(32)33)28(31)26(23)30(34)35/h11,13-14,16-20H,2-10,12,15,31H2,1H3,(H2,32,33)(H,34,35). The van der Waals surface area contributed by atoms with Gasteiger partial charge in [-0.1, -0.05) is 113 Å². The Kier molecular flexibility index (Phi) is 9.71. The second-order valence-corrected chi connectivity index (χ2v) is 9.39. The van der Waals surface area contributed by atoms with E-state index >= 15 is 0 Å². The Morgan fingerprint density at radius 2 is 1.37 bits per heavy atom. The molecule has 0 spiro atoms. The second kappa shape index (κ2) is 12.9. The molecule has 0 fully saturated rings. The number of amides is 1. The van der Waals surface area contributed by atoms with Crippen LogP contribution in [0.1, 0.15) is 97.4 Å². The summed E-state index contributed by atoms with van der Waals surface area (Å²) in [6.45, 7) is 2.25. The fourth-order valence-corrected chi connectivity index (χ4v) is 4.92. The van der Waals surface area contributed by atoms with Crippen molar-refractivity contribution in [1.82, 2.24) is 0 Å². The van der Waals surface area contributed by atoms with Crippen molar-refractivity contribution in [1.29, 1.82) is 0 Å². The van der Waals surface area contributed by atoms with E-state index in [2.05, 4.69) is 6.92 Å². The highest BCUT2D eigenvalue weighted by Gasteiger charge is 2.25. The zero-order valence-electron chi connectivity index (χ0n) is 20.8. The molecule has 3 aromatic rings. The molecule has 0 unspecified atom stereocenters. The fourth-order valence-electron chi connectivity index (χ4n) is 4.92. The van der Waals surface area contributed by atoms with Crippen LogP contribution in [0, 0.1) is 0 Å². The average Bonchev–Trinajstić information content (AvgIpc) is 2.84. The predicted octanol–water partition coefficient (Wildman–Crippen LogP) is 7.35. The molecule has 0 radical (unpaired) electrons. The molecule has 0 heterocycles. The van der Waals surface area contributed by atoms with E-state index < -0.39 is 11.9 Å². The zero-order valence-corrected chi connectivity index (χ0v) is 20.8. The summed E-state index contributed by atoms with van der Waals surface area (Å²) < 4.78 is 0. The Labute approximate surface area is 208 Å². The van der Waals surface area contributed by atoms with Gasteiger partial charge < -0.3 is 16.6 Å². The van der Waals surface area contributed by atoms with Gasteiger partial charge in [-0.15, -0.1) is 0 Å². The zero-order chi connectivity index (χ0) is 25.2. The van der Waals surface area contributed by atoms with Gasteiger partial charge in [0.1, 0.15) is 0 Å². The van der Waals surface area contributed by atoms with Crippen LogP contribution in [0.15, 0.2) is 48.5 Å². The van der Waals surface area contributed by atoms with Crippen LogP contribution in [-0.2, 0) is 6.42 Å². The number of carboxylic acids is 1. The number of nitrogens with two attached hydrogens (primary N) is 2. The molecule has 5 N–H and O–H groups in total. The van der Waals surface area contributed by atoms with Gasteiger partial charge in [-0.25, -0.2) is 4.79 Å². The summed E-state index contributed by atoms with van der Waals surface area (Å²) in [6, 6.07) is 15.2. The van der Waals surface area contributed by atoms with E-state index in [1.54, 1.807) is 0 Å². The van der Waals surface area contributed by atoms with Crippen molar-refractivity contribution in [2.45, 2.75) is 77.6 Å². The number of aryl methyl sites for hydroxylation is 1. The highest BCUT2D eigenvalue weighted by Crippen LogP contribution is 2.39. The van der Waals surface area contributed by atoms with Gasteiger partial charge in [0.2, 0.25) is 0 Å². The van der Waals surface area contributed by atoms with Gasteiger partial charge in [0.25, 0.3) is 5.91 Å². The molecule has 3 aromatic carbocycles. The lowest BCUT2D eigenvalue weighted by atomic mass is 9.87. The Morgan fingerprint density at radius 1 is 0.771 bits per heavy atom. The number of primary amides is 1. The van der Waals surface area contributed by atoms with Gasteiger partial charge in [0.15, 0.2) is 0 Å². The molecule has 3 rings (SSSR count). The topological polar surface area (TPSA) is 106 Å². The van der Waals surface area contributed by atoms with Gasteiger partial charge in [-0.2, -0.15) is 0 Å². The van der Waals surface area contributed by atoms with Gasteiger partial charge in [0, 0.05) is 5.56 Å². The smallest absolute Gasteiger partial charge is 0.338 e. The SMILES string of the molecule is CCCCCCCCCCCCc1ccc2c(C(=O)O)c(N)c(C(N)=O)c(-c3ccccc3)c2c1. The lowest BCUT2D eigenvalue weighted by Crippen LogP contribution is -2.18. The number of nitrogen functional groups attached to an aromatic ring is 1. The molecule has 0 bridgehead atoms. The molecule has 35 heavy (non-hydrogen) atoms. The van der Waals surface area contributed by atoms with Crippen LogP contribution in [-0.4, -0.2) is 17.0 Å². The number of aromatic carboxylic acids is 1. The molecule has 0 aliphatic rings. The van der Waals surface area contributed by atoms with Gasteiger partial charge in [0.05, 0.1) is 16.8 Å². The highest BCUT2D eigenvalue weighted by molar-refractivity contribution is 6.21. The number of benzene rings is 3. The van der Waals surface area contributed by atoms with Crippen molar-refractivity contribution in [2.24, 2.45) is 5.73 Å². The number of carboxylic acid groups (broad SMARTS) is 1. The molecule has 0 aliphatic heterocycles. The average molecular weight is 475 g/mol. The Balaban J connectivity index is 1.82. The van der Waals surface area contributed by atoms with Crippen LogP contribution in [0.2, 0.25) is 0 Å². The monoisotopic (exact) mass is 474 g/mol. The molecule has 5 heteroatoms. The van der Waals surface area contributed by atoms with E-state index in [-0.39, 0.29) is 16.8 Å². The van der Waals surface area contributed by atoms with E-state index in [0.29, 0.717) is 16.3 Å². The van der Waals surface area contributed by atoms with E-state index in [1.165, 1.54) is 57.8 Å². The molecule has 0 atom stereocenters. The number of carbonyl (C=O) groups excluding carboxylic acids is 1. The van der Waals surface area contributed by atoms with E-state index in [9.17, 15) is 14.7 Å². The van der Waals surface area contributed by atoms with Crippen LogP contribution in [0.4, 0.5) is 5.69 Å². The van der Waals surface area contributed by atoms with Crippen molar-refractivity contribution in [2.75, 3.05) is 5.73 Å². The van der Waals surface area contributed by atoms with Crippen molar-refractivity contribution in [3.8, 4) is 11.1 Å². The summed E-state index contributed by atoms with van der Waals surface area (Å²) in [5.74, 6) is -1.90. The maximum atomic E-state index is 12.4. The Hall–Kier alpha value is -3.34. The second-order valence-electron chi connectivity index (χ2n) is 9.39. The Morgan fingerprint density at radius 3 is 1.94 bits per heavy atom. The molecule has 0 aromatic heterocycles. The van der Waals surface area contributed by atoms with Gasteiger partial charge >= 0.3 is 5.97 Å². The van der Waals surface area contributed by atoms with Crippen LogP contribution < -0.4 is 11.5 Å². The normalized spacial score (nSPS) is 11.1. The molecule has 0 aliphatic carbocycles. The first-order valence-corrected chi connectivity index (χ1v) is 12.9. The minimum absolute atomic E-state index is 0.0668. The number of unbranched alkanes of at least 4 members (excludes halogenated alkanes) is 9. The molecule has 186 valence electrons. The summed E-state index contributed by atoms with van der Waals surface area (Å²) in [7, 11) is 0. The van der Waals surface area contributed by atoms with E-state index in [1.807, 2.05) is 48.5 Å². The number of rotatable bonds is 14. The third-order valence-electron chi connectivity index (χ3n) is 6.75. The number of carbonyl (C=O) groups is 2. The largest absolute Gasteiger partial charge is 0.478 e. The highest BCUT2D eigenvalue weighted by atomic mass is 16.4. The van der Waals surface area contributed by atoms with E-state index in [0.717, 1.165) is 24.0 Å². The molecule has 0 saturated carbocycles. The van der Waals surface area contributed by atoms with Crippen LogP contribution in [0.25, 0.3) is 21.9 Å². The summed E-state index contributed by atoms with van der Waals surface area (Å²) in [6.07, 6.45) is 13.7. The fraction of sp³-hybridized carbons (Fsp3) is 0.400. The number of hydrogen-bond donors (Lipinski definition) is 3. The van der Waals surface area contributed by atoms with Gasteiger partial charge in [-0.3, -0.25) is 4.79 Å². The summed E-state index contributed by atoms with van der Waals surface area (Å²) in [5, 5.41) is 11.1. The first-order valence-electron chi connectivity index (χ1n) is 12.9. The van der Waals surface area contributed by atoms with Crippen molar-refractivity contribution in [3.63, 3.8) is 0 Å². The van der Waals surface area contributed by atoms with Crippen LogP contribution in [0.5, 0.6) is 0 Å². The lowest BCUT2D eigenvalue weighted by Gasteiger charge is -2.18. The minimum Gasteiger partial charge on any atom is -0.478 e. The first-order chi connectivity index (χ1) is 17.0. The quantitative estimate of drug-likeness (QED) is 0.168. The van der Waals surface area contributed by atoms with Gasteiger partial charge in [-0.05, 0) is 34.7 Å². The molecular weight excluding hydrogens is 436 g/mol. The number of fused-ring (bicyclic) bond motifs is 1. The summed E-state index contributed by atoms with van der Waals surface area (Å²) >= 11 is 0. The maximum absolute atomic E-state index is 12.4. The lowest BCUT2D eigenvalue weighted by molar-refractivity contribution is 0.0700. The van der Waals surface area contributed by atoms with Crippen molar-refractivity contribution < 1.29 is 14.7 Å². The molecular formula is C30H38N2O3. The predicted molar refractivity (Wildman–Crippen MR) is 145 cm³/mol. The van der Waals surface area contributed by atoms with Crippen LogP contribution >= 0.6 is 0 Å². The molecule has 1 amide bonds. The summed E-state index contributed by atoms with van der Waals surface area (Å²) in [5.41, 5.74) is 14.3. The number of anilines is 1. The van der Waals surface area contributed by atoms with Crippen molar-refractivity contribution in [3.05, 3.63) is 65.2 Å².